The van der Waals surface area contributed by atoms with Gasteiger partial charge in [-0.25, -0.2) is 4.98 Å². The smallest absolute Gasteiger partial charge is 0.0922 e. The van der Waals surface area contributed by atoms with Crippen molar-refractivity contribution in [2.75, 3.05) is 27.2 Å². The van der Waals surface area contributed by atoms with Gasteiger partial charge in [0.25, 0.3) is 0 Å². The summed E-state index contributed by atoms with van der Waals surface area (Å²) in [6, 6.07) is 0. The van der Waals surface area contributed by atoms with Crippen LogP contribution in [0.1, 0.15) is 5.69 Å². The molecule has 0 radical (unpaired) electrons. The van der Waals surface area contributed by atoms with Crippen molar-refractivity contribution in [1.29, 1.82) is 0 Å². The Bertz CT molecular complexity index is 195. The lowest BCUT2D eigenvalue weighted by Gasteiger charge is -2.14. The minimum Gasteiger partial charge on any atom is -0.347 e. The van der Waals surface area contributed by atoms with Crippen molar-refractivity contribution in [3.8, 4) is 0 Å². The van der Waals surface area contributed by atoms with E-state index in [1.807, 2.05) is 13.2 Å². The first-order valence-corrected chi connectivity index (χ1v) is 4.13. The number of imidazole rings is 1. The van der Waals surface area contributed by atoms with Gasteiger partial charge in [0.05, 0.1) is 6.33 Å². The van der Waals surface area contributed by atoms with Crippen LogP contribution in [0.5, 0.6) is 0 Å². The first kappa shape index (κ1) is 9.22. The molecule has 0 aromatic carbocycles. The fraction of sp³-hybridized carbons (Fsp3) is 0.625. The first-order chi connectivity index (χ1) is 5.83. The lowest BCUT2D eigenvalue weighted by Crippen LogP contribution is -2.27. The number of hydrogen-bond acceptors (Lipinski definition) is 3. The highest BCUT2D eigenvalue weighted by atomic mass is 15.1. The Balaban J connectivity index is 2.22. The largest absolute Gasteiger partial charge is 0.347 e. The van der Waals surface area contributed by atoms with Gasteiger partial charge in [-0.3, -0.25) is 4.90 Å². The van der Waals surface area contributed by atoms with Crippen molar-refractivity contribution in [1.82, 2.24) is 20.2 Å². The molecule has 12 heavy (non-hydrogen) atoms. The van der Waals surface area contributed by atoms with Crippen LogP contribution in [0.15, 0.2) is 12.5 Å². The Labute approximate surface area is 73.0 Å². The maximum absolute atomic E-state index is 3.96. The van der Waals surface area contributed by atoms with E-state index in [2.05, 4.69) is 27.2 Å². The molecule has 0 aliphatic rings. The average Bonchev–Trinajstić information content (AvgIpc) is 2.53. The minimum atomic E-state index is 0.932. The van der Waals surface area contributed by atoms with Crippen molar-refractivity contribution in [2.45, 2.75) is 6.54 Å². The fourth-order valence-corrected chi connectivity index (χ4v) is 1.04. The predicted octanol–water partition coefficient (Wildman–Crippen LogP) is 0.0609. The molecule has 2 N–H and O–H groups in total. The second kappa shape index (κ2) is 4.90. The van der Waals surface area contributed by atoms with Crippen LogP contribution in [-0.2, 0) is 6.54 Å². The second-order valence-corrected chi connectivity index (χ2v) is 2.92. The van der Waals surface area contributed by atoms with Crippen LogP contribution in [0.25, 0.3) is 0 Å². The summed E-state index contributed by atoms with van der Waals surface area (Å²) < 4.78 is 0. The van der Waals surface area contributed by atoms with Crippen LogP contribution in [0, 0.1) is 0 Å². The normalized spacial score (nSPS) is 10.9. The second-order valence-electron chi connectivity index (χ2n) is 2.92. The third-order valence-electron chi connectivity index (χ3n) is 1.74. The molecule has 1 aromatic heterocycles. The molecule has 1 heterocycles. The molecule has 0 spiro atoms. The van der Waals surface area contributed by atoms with E-state index in [9.17, 15) is 0 Å². The van der Waals surface area contributed by atoms with Crippen molar-refractivity contribution in [3.05, 3.63) is 18.2 Å². The molecule has 0 saturated carbocycles. The van der Waals surface area contributed by atoms with Gasteiger partial charge >= 0.3 is 0 Å². The van der Waals surface area contributed by atoms with E-state index in [4.69, 9.17) is 0 Å². The van der Waals surface area contributed by atoms with Crippen LogP contribution in [0.2, 0.25) is 0 Å². The Morgan fingerprint density at radius 3 is 3.08 bits per heavy atom. The molecular weight excluding hydrogens is 152 g/mol. The number of likely N-dealkylation sites (N-methyl/N-ethyl adjacent to an activating group) is 2. The summed E-state index contributed by atoms with van der Waals surface area (Å²) in [5.41, 5.74) is 1.16. The first-order valence-electron chi connectivity index (χ1n) is 4.13. The highest BCUT2D eigenvalue weighted by Crippen LogP contribution is 1.95. The predicted molar refractivity (Wildman–Crippen MR) is 48.8 cm³/mol. The zero-order chi connectivity index (χ0) is 8.81. The standard InChI is InChI=1S/C8H16N4/c1-9-3-4-12(2)6-8-5-10-7-11-8/h5,7,9H,3-4,6H2,1-2H3,(H,10,11). The van der Waals surface area contributed by atoms with Gasteiger partial charge in [0.15, 0.2) is 0 Å². The van der Waals surface area contributed by atoms with Gasteiger partial charge in [-0.15, -0.1) is 0 Å². The summed E-state index contributed by atoms with van der Waals surface area (Å²) >= 11 is 0. The van der Waals surface area contributed by atoms with Gasteiger partial charge in [-0.2, -0.15) is 0 Å². The van der Waals surface area contributed by atoms with Crippen molar-refractivity contribution >= 4 is 0 Å². The van der Waals surface area contributed by atoms with Gasteiger partial charge in [0, 0.05) is 31.5 Å². The molecule has 4 heteroatoms. The maximum Gasteiger partial charge on any atom is 0.0922 e. The van der Waals surface area contributed by atoms with Crippen LogP contribution in [0.4, 0.5) is 0 Å². The van der Waals surface area contributed by atoms with Gasteiger partial charge in [0.2, 0.25) is 0 Å². The topological polar surface area (TPSA) is 44.0 Å². The molecule has 0 saturated heterocycles. The molecule has 0 amide bonds. The number of aromatic nitrogens is 2. The van der Waals surface area contributed by atoms with E-state index in [1.165, 1.54) is 0 Å². The molecule has 0 fully saturated rings. The summed E-state index contributed by atoms with van der Waals surface area (Å²) in [5, 5.41) is 3.11. The summed E-state index contributed by atoms with van der Waals surface area (Å²) in [6.07, 6.45) is 3.57. The third-order valence-corrected chi connectivity index (χ3v) is 1.74. The van der Waals surface area contributed by atoms with Crippen LogP contribution in [-0.4, -0.2) is 42.1 Å². The van der Waals surface area contributed by atoms with Crippen LogP contribution < -0.4 is 5.32 Å². The summed E-state index contributed by atoms with van der Waals surface area (Å²) in [4.78, 5) is 9.27. The molecule has 68 valence electrons. The number of H-pyrrole nitrogens is 1. The molecule has 0 aliphatic heterocycles. The van der Waals surface area contributed by atoms with Crippen molar-refractivity contribution < 1.29 is 0 Å². The molecule has 4 nitrogen and oxygen atoms in total. The van der Waals surface area contributed by atoms with Gasteiger partial charge < -0.3 is 10.3 Å². The Morgan fingerprint density at radius 2 is 2.50 bits per heavy atom. The van der Waals surface area contributed by atoms with E-state index >= 15 is 0 Å². The van der Waals surface area contributed by atoms with Crippen molar-refractivity contribution in [3.63, 3.8) is 0 Å². The Kier molecular flexibility index (Phi) is 3.76. The lowest BCUT2D eigenvalue weighted by atomic mass is 10.4. The fourth-order valence-electron chi connectivity index (χ4n) is 1.04. The van der Waals surface area contributed by atoms with Crippen molar-refractivity contribution in [2.24, 2.45) is 0 Å². The molecule has 0 bridgehead atoms. The van der Waals surface area contributed by atoms with E-state index < -0.39 is 0 Å². The molecule has 1 rings (SSSR count). The SMILES string of the molecule is CNCCN(C)Cc1cnc[nH]1. The van der Waals surface area contributed by atoms with E-state index in [0.29, 0.717) is 0 Å². The zero-order valence-corrected chi connectivity index (χ0v) is 7.67. The zero-order valence-electron chi connectivity index (χ0n) is 7.67. The third kappa shape index (κ3) is 3.02. The van der Waals surface area contributed by atoms with Crippen LogP contribution in [0.3, 0.4) is 0 Å². The van der Waals surface area contributed by atoms with E-state index in [0.717, 1.165) is 25.3 Å². The maximum atomic E-state index is 3.96. The Hall–Kier alpha value is -0.870. The van der Waals surface area contributed by atoms with Gasteiger partial charge in [-0.1, -0.05) is 0 Å². The molecular formula is C8H16N4. The van der Waals surface area contributed by atoms with E-state index in [-0.39, 0.29) is 0 Å². The minimum absolute atomic E-state index is 0.932. The monoisotopic (exact) mass is 168 g/mol. The quantitative estimate of drug-likeness (QED) is 0.653. The number of aromatic amines is 1. The molecule has 0 unspecified atom stereocenters. The van der Waals surface area contributed by atoms with Gasteiger partial charge in [0.1, 0.15) is 0 Å². The number of hydrogen-bond donors (Lipinski definition) is 2. The number of nitrogens with one attached hydrogen (secondary N) is 2. The molecule has 0 atom stereocenters. The highest BCUT2D eigenvalue weighted by molar-refractivity contribution is 4.93. The summed E-state index contributed by atoms with van der Waals surface area (Å²) in [6.45, 7) is 3.00. The number of rotatable bonds is 5. The summed E-state index contributed by atoms with van der Waals surface area (Å²) in [7, 11) is 4.06. The van der Waals surface area contributed by atoms with E-state index in [1.54, 1.807) is 6.33 Å². The highest BCUT2D eigenvalue weighted by Gasteiger charge is 1.99. The molecule has 0 aliphatic carbocycles. The molecule has 1 aromatic rings. The average molecular weight is 168 g/mol. The summed E-state index contributed by atoms with van der Waals surface area (Å²) in [5.74, 6) is 0. The van der Waals surface area contributed by atoms with Gasteiger partial charge in [-0.05, 0) is 14.1 Å². The van der Waals surface area contributed by atoms with Crippen LogP contribution >= 0.6 is 0 Å². The Morgan fingerprint density at radius 1 is 1.67 bits per heavy atom. The lowest BCUT2D eigenvalue weighted by molar-refractivity contribution is 0.325. The number of nitrogens with zero attached hydrogens (tertiary/aromatic N) is 2.